The van der Waals surface area contributed by atoms with Gasteiger partial charge in [-0.3, -0.25) is 4.79 Å². The maximum Gasteiger partial charge on any atom is 0.233 e. The monoisotopic (exact) mass is 384 g/mol. The van der Waals surface area contributed by atoms with Crippen molar-refractivity contribution >= 4 is 24.0 Å². The van der Waals surface area contributed by atoms with Gasteiger partial charge in [0.2, 0.25) is 5.91 Å². The topological polar surface area (TPSA) is 68.8 Å². The van der Waals surface area contributed by atoms with Crippen molar-refractivity contribution in [3.63, 3.8) is 0 Å². The number of carbonyl (C=O) groups excluding carboxylic acids is 1. The van der Waals surface area contributed by atoms with E-state index in [1.54, 1.807) is 7.11 Å². The van der Waals surface area contributed by atoms with E-state index in [1.807, 2.05) is 24.3 Å². The van der Waals surface area contributed by atoms with Crippen LogP contribution in [-0.4, -0.2) is 52.0 Å². The van der Waals surface area contributed by atoms with Crippen molar-refractivity contribution < 1.29 is 19.0 Å². The zero-order chi connectivity index (χ0) is 17.5. The molecule has 1 aromatic rings. The Hall–Kier alpha value is -1.34. The lowest BCUT2D eigenvalue weighted by Crippen LogP contribution is -2.47. The minimum absolute atomic E-state index is 0. The third kappa shape index (κ3) is 5.33. The zero-order valence-electron chi connectivity index (χ0n) is 15.3. The smallest absolute Gasteiger partial charge is 0.233 e. The van der Waals surface area contributed by atoms with Gasteiger partial charge in [-0.25, -0.2) is 0 Å². The molecule has 0 saturated carbocycles. The molecule has 0 aliphatic carbocycles. The van der Waals surface area contributed by atoms with Gasteiger partial charge >= 0.3 is 0 Å². The van der Waals surface area contributed by atoms with Crippen LogP contribution in [0.5, 0.6) is 5.75 Å². The average Bonchev–Trinajstić information content (AvgIpc) is 3.16. The third-order valence-electron chi connectivity index (χ3n) is 5.04. The van der Waals surface area contributed by atoms with Gasteiger partial charge in [0.25, 0.3) is 0 Å². The second-order valence-corrected chi connectivity index (χ2v) is 6.89. The Morgan fingerprint density at radius 1 is 1.31 bits per heavy atom. The number of benzene rings is 1. The van der Waals surface area contributed by atoms with E-state index in [0.29, 0.717) is 13.2 Å². The Bertz CT molecular complexity index is 550. The first-order valence-corrected chi connectivity index (χ1v) is 9.07. The molecule has 146 valence electrons. The molecule has 1 aromatic carbocycles. The molecule has 2 aliphatic rings. The maximum absolute atomic E-state index is 12.8. The number of halogens is 1. The van der Waals surface area contributed by atoms with Crippen molar-refractivity contribution in [1.29, 1.82) is 0 Å². The molecule has 1 atom stereocenters. The lowest BCUT2D eigenvalue weighted by molar-refractivity contribution is -0.130. The molecule has 7 heteroatoms. The molecular formula is C19H29ClN2O4. The number of carbonyl (C=O) groups is 1. The summed E-state index contributed by atoms with van der Waals surface area (Å²) in [6.07, 6.45) is 3.94. The second kappa shape index (κ2) is 10.1. The second-order valence-electron chi connectivity index (χ2n) is 6.89. The average molecular weight is 385 g/mol. The van der Waals surface area contributed by atoms with Crippen LogP contribution in [0.1, 0.15) is 25.7 Å². The van der Waals surface area contributed by atoms with E-state index in [0.717, 1.165) is 56.8 Å². The first kappa shape index (κ1) is 21.0. The predicted octanol–water partition coefficient (Wildman–Crippen LogP) is 2.62. The van der Waals surface area contributed by atoms with Crippen molar-refractivity contribution in [2.75, 3.05) is 45.3 Å². The van der Waals surface area contributed by atoms with Gasteiger partial charge in [-0.05, 0) is 63.0 Å². The minimum Gasteiger partial charge on any atom is -0.491 e. The molecule has 2 fully saturated rings. The molecule has 6 nitrogen and oxygen atoms in total. The number of hydrogen-bond donors (Lipinski definition) is 2. The van der Waals surface area contributed by atoms with Crippen LogP contribution in [-0.2, 0) is 14.3 Å². The highest BCUT2D eigenvalue weighted by molar-refractivity contribution is 5.95. The molecule has 2 aliphatic heterocycles. The molecule has 3 rings (SSSR count). The first-order valence-electron chi connectivity index (χ1n) is 9.07. The molecular weight excluding hydrogens is 356 g/mol. The number of ether oxygens (including phenoxy) is 3. The SMILES string of the molecule is COCC1(C(=O)Nc2ccc(OCC3CCCO3)cc2)CCNCC1.Cl. The van der Waals surface area contributed by atoms with Crippen molar-refractivity contribution in [3.8, 4) is 5.75 Å². The maximum atomic E-state index is 12.8. The molecule has 1 unspecified atom stereocenters. The normalized spacial score (nSPS) is 21.7. The van der Waals surface area contributed by atoms with Crippen LogP contribution in [0, 0.1) is 5.41 Å². The molecule has 2 saturated heterocycles. The fourth-order valence-electron chi connectivity index (χ4n) is 3.48. The molecule has 1 amide bonds. The summed E-state index contributed by atoms with van der Waals surface area (Å²) >= 11 is 0. The van der Waals surface area contributed by atoms with Crippen LogP contribution in [0.2, 0.25) is 0 Å². The number of amides is 1. The number of piperidine rings is 1. The van der Waals surface area contributed by atoms with Gasteiger partial charge < -0.3 is 24.8 Å². The highest BCUT2D eigenvalue weighted by Crippen LogP contribution is 2.31. The summed E-state index contributed by atoms with van der Waals surface area (Å²) in [5, 5.41) is 6.33. The van der Waals surface area contributed by atoms with E-state index >= 15 is 0 Å². The standard InChI is InChI=1S/C19H28N2O4.ClH/c1-23-14-19(8-10-20-11-9-19)18(22)21-15-4-6-16(7-5-15)25-13-17-3-2-12-24-17;/h4-7,17,20H,2-3,8-14H2,1H3,(H,21,22);1H. The Balaban J connectivity index is 0.00000243. The van der Waals surface area contributed by atoms with E-state index in [1.165, 1.54) is 0 Å². The summed E-state index contributed by atoms with van der Waals surface area (Å²) in [6, 6.07) is 7.53. The molecule has 0 radical (unpaired) electrons. The van der Waals surface area contributed by atoms with E-state index in [-0.39, 0.29) is 24.4 Å². The summed E-state index contributed by atoms with van der Waals surface area (Å²) in [5.41, 5.74) is 0.332. The van der Waals surface area contributed by atoms with Crippen molar-refractivity contribution in [1.82, 2.24) is 5.32 Å². The van der Waals surface area contributed by atoms with Crippen LogP contribution in [0.15, 0.2) is 24.3 Å². The molecule has 2 N–H and O–H groups in total. The molecule has 26 heavy (non-hydrogen) atoms. The van der Waals surface area contributed by atoms with Gasteiger partial charge in [0, 0.05) is 19.4 Å². The van der Waals surface area contributed by atoms with Gasteiger partial charge in [0.15, 0.2) is 0 Å². The lowest BCUT2D eigenvalue weighted by Gasteiger charge is -2.35. The summed E-state index contributed by atoms with van der Waals surface area (Å²) < 4.78 is 16.6. The highest BCUT2D eigenvalue weighted by atomic mass is 35.5. The van der Waals surface area contributed by atoms with Crippen LogP contribution in [0.3, 0.4) is 0 Å². The van der Waals surface area contributed by atoms with Crippen molar-refractivity contribution in [2.24, 2.45) is 5.41 Å². The van der Waals surface area contributed by atoms with Gasteiger partial charge in [-0.15, -0.1) is 12.4 Å². The summed E-state index contributed by atoms with van der Waals surface area (Å²) in [5.74, 6) is 0.825. The van der Waals surface area contributed by atoms with E-state index in [2.05, 4.69) is 10.6 Å². The van der Waals surface area contributed by atoms with Crippen LogP contribution < -0.4 is 15.4 Å². The van der Waals surface area contributed by atoms with Gasteiger partial charge in [-0.1, -0.05) is 0 Å². The van der Waals surface area contributed by atoms with E-state index in [4.69, 9.17) is 14.2 Å². The molecule has 0 aromatic heterocycles. The van der Waals surface area contributed by atoms with Gasteiger partial charge in [0.05, 0.1) is 18.1 Å². The quantitative estimate of drug-likeness (QED) is 0.756. The van der Waals surface area contributed by atoms with Crippen molar-refractivity contribution in [2.45, 2.75) is 31.8 Å². The summed E-state index contributed by atoms with van der Waals surface area (Å²) in [6.45, 7) is 3.54. The summed E-state index contributed by atoms with van der Waals surface area (Å²) in [4.78, 5) is 12.8. The zero-order valence-corrected chi connectivity index (χ0v) is 16.1. The van der Waals surface area contributed by atoms with Gasteiger partial charge in [0.1, 0.15) is 12.4 Å². The van der Waals surface area contributed by atoms with Crippen LogP contribution in [0.4, 0.5) is 5.69 Å². The molecule has 0 bridgehead atoms. The Morgan fingerprint density at radius 2 is 2.04 bits per heavy atom. The minimum atomic E-state index is -0.449. The summed E-state index contributed by atoms with van der Waals surface area (Å²) in [7, 11) is 1.65. The largest absolute Gasteiger partial charge is 0.491 e. The van der Waals surface area contributed by atoms with E-state index < -0.39 is 5.41 Å². The number of methoxy groups -OCH3 is 1. The number of rotatable bonds is 7. The number of nitrogens with one attached hydrogen (secondary N) is 2. The molecule has 2 heterocycles. The lowest BCUT2D eigenvalue weighted by atomic mass is 9.78. The molecule has 0 spiro atoms. The Kier molecular flexibility index (Phi) is 8.15. The van der Waals surface area contributed by atoms with Crippen molar-refractivity contribution in [3.05, 3.63) is 24.3 Å². The third-order valence-corrected chi connectivity index (χ3v) is 5.04. The van der Waals surface area contributed by atoms with Crippen LogP contribution in [0.25, 0.3) is 0 Å². The Morgan fingerprint density at radius 3 is 2.65 bits per heavy atom. The van der Waals surface area contributed by atoms with Gasteiger partial charge in [-0.2, -0.15) is 0 Å². The van der Waals surface area contributed by atoms with Crippen LogP contribution >= 0.6 is 12.4 Å². The number of anilines is 1. The Labute approximate surface area is 161 Å². The predicted molar refractivity (Wildman–Crippen MR) is 103 cm³/mol. The number of hydrogen-bond acceptors (Lipinski definition) is 5. The fraction of sp³-hybridized carbons (Fsp3) is 0.632. The first-order chi connectivity index (χ1) is 12.2. The highest BCUT2D eigenvalue weighted by Gasteiger charge is 2.39. The fourth-order valence-corrected chi connectivity index (χ4v) is 3.48. The van der Waals surface area contributed by atoms with E-state index in [9.17, 15) is 4.79 Å².